The van der Waals surface area contributed by atoms with Crippen LogP contribution >= 0.6 is 0 Å². The van der Waals surface area contributed by atoms with Crippen molar-refractivity contribution in [3.8, 4) is 0 Å². The molecule has 3 unspecified atom stereocenters. The molecule has 0 heterocycles. The Kier molecular flexibility index (Phi) is 2.66. The lowest BCUT2D eigenvalue weighted by molar-refractivity contribution is 0.415. The zero-order valence-electron chi connectivity index (χ0n) is 8.44. The van der Waals surface area contributed by atoms with Gasteiger partial charge in [-0.05, 0) is 37.0 Å². The average molecular weight is 215 g/mol. The van der Waals surface area contributed by atoms with E-state index in [9.17, 15) is 8.42 Å². The monoisotopic (exact) mass is 215 g/mol. The second kappa shape index (κ2) is 3.66. The Bertz CT molecular complexity index is 334. The van der Waals surface area contributed by atoms with E-state index in [0.717, 1.165) is 18.3 Å². The molecule has 4 heteroatoms. The van der Waals surface area contributed by atoms with Gasteiger partial charge in [0, 0.05) is 6.54 Å². The molecule has 1 N–H and O–H groups in total. The minimum Gasteiger partial charge on any atom is -0.215 e. The summed E-state index contributed by atoms with van der Waals surface area (Å²) in [6.45, 7) is 0.598. The summed E-state index contributed by atoms with van der Waals surface area (Å²) < 4.78 is 24.2. The summed E-state index contributed by atoms with van der Waals surface area (Å²) in [6, 6.07) is 0. The molecule has 0 aromatic carbocycles. The molecule has 0 saturated heterocycles. The Morgan fingerprint density at radius 1 is 1.36 bits per heavy atom. The Labute approximate surface area is 85.6 Å². The molecule has 14 heavy (non-hydrogen) atoms. The van der Waals surface area contributed by atoms with Crippen molar-refractivity contribution in [1.82, 2.24) is 4.72 Å². The summed E-state index contributed by atoms with van der Waals surface area (Å²) in [4.78, 5) is 0. The van der Waals surface area contributed by atoms with Crippen molar-refractivity contribution in [1.29, 1.82) is 0 Å². The van der Waals surface area contributed by atoms with Gasteiger partial charge in [0.1, 0.15) is 0 Å². The lowest BCUT2D eigenvalue weighted by Gasteiger charge is -2.17. The Morgan fingerprint density at radius 3 is 2.64 bits per heavy atom. The molecule has 0 aromatic heterocycles. The molecule has 80 valence electrons. The fourth-order valence-corrected chi connectivity index (χ4v) is 3.14. The number of hydrogen-bond donors (Lipinski definition) is 1. The van der Waals surface area contributed by atoms with Crippen molar-refractivity contribution in [2.24, 2.45) is 17.8 Å². The van der Waals surface area contributed by atoms with Gasteiger partial charge < -0.3 is 0 Å². The van der Waals surface area contributed by atoms with Crippen molar-refractivity contribution in [2.75, 3.05) is 12.8 Å². The summed E-state index contributed by atoms with van der Waals surface area (Å²) in [5.74, 6) is 2.21. The average Bonchev–Trinajstić information content (AvgIpc) is 2.62. The molecule has 1 saturated carbocycles. The maximum absolute atomic E-state index is 10.8. The molecule has 3 nitrogen and oxygen atoms in total. The molecular weight excluding hydrogens is 198 g/mol. The first-order valence-corrected chi connectivity index (χ1v) is 7.07. The molecule has 0 aromatic rings. The molecule has 0 amide bonds. The van der Waals surface area contributed by atoms with Gasteiger partial charge in [0.15, 0.2) is 0 Å². The predicted octanol–water partition coefficient (Wildman–Crippen LogP) is 1.14. The van der Waals surface area contributed by atoms with E-state index in [-0.39, 0.29) is 0 Å². The van der Waals surface area contributed by atoms with Gasteiger partial charge in [-0.3, -0.25) is 0 Å². The summed E-state index contributed by atoms with van der Waals surface area (Å²) in [5, 5.41) is 0. The largest absolute Gasteiger partial charge is 0.215 e. The summed E-state index contributed by atoms with van der Waals surface area (Å²) in [7, 11) is -3.00. The van der Waals surface area contributed by atoms with Crippen LogP contribution in [0.1, 0.15) is 19.3 Å². The highest BCUT2D eigenvalue weighted by Crippen LogP contribution is 2.44. The first kappa shape index (κ1) is 10.2. The smallest absolute Gasteiger partial charge is 0.208 e. The van der Waals surface area contributed by atoms with Gasteiger partial charge in [0.25, 0.3) is 0 Å². The zero-order valence-corrected chi connectivity index (χ0v) is 9.26. The Morgan fingerprint density at radius 2 is 2.14 bits per heavy atom. The van der Waals surface area contributed by atoms with E-state index in [0.29, 0.717) is 12.5 Å². The highest BCUT2D eigenvalue weighted by molar-refractivity contribution is 7.88. The van der Waals surface area contributed by atoms with Gasteiger partial charge in [0.05, 0.1) is 6.26 Å². The van der Waals surface area contributed by atoms with Crippen LogP contribution in [0.3, 0.4) is 0 Å². The first-order valence-electron chi connectivity index (χ1n) is 5.17. The maximum atomic E-state index is 10.8. The quantitative estimate of drug-likeness (QED) is 0.715. The van der Waals surface area contributed by atoms with Gasteiger partial charge in [-0.15, -0.1) is 0 Å². The van der Waals surface area contributed by atoms with E-state index in [1.807, 2.05) is 0 Å². The molecule has 2 rings (SSSR count). The minimum absolute atomic E-state index is 0.598. The van der Waals surface area contributed by atoms with Gasteiger partial charge in [0.2, 0.25) is 10.0 Å². The van der Waals surface area contributed by atoms with Crippen LogP contribution in [0.4, 0.5) is 0 Å². The lowest BCUT2D eigenvalue weighted by Crippen LogP contribution is -2.25. The van der Waals surface area contributed by atoms with Crippen molar-refractivity contribution < 1.29 is 8.42 Å². The van der Waals surface area contributed by atoms with Crippen molar-refractivity contribution in [2.45, 2.75) is 19.3 Å². The fourth-order valence-electron chi connectivity index (χ4n) is 2.66. The molecule has 2 aliphatic carbocycles. The number of rotatable bonds is 4. The van der Waals surface area contributed by atoms with Crippen LogP contribution in [0.2, 0.25) is 0 Å². The molecule has 3 atom stereocenters. The highest BCUT2D eigenvalue weighted by Gasteiger charge is 2.34. The van der Waals surface area contributed by atoms with Crippen LogP contribution in [-0.4, -0.2) is 21.2 Å². The zero-order chi connectivity index (χ0) is 10.2. The molecule has 0 aliphatic heterocycles. The molecule has 0 radical (unpaired) electrons. The van der Waals surface area contributed by atoms with Crippen molar-refractivity contribution in [3.05, 3.63) is 12.2 Å². The fraction of sp³-hybridized carbons (Fsp3) is 0.800. The Balaban J connectivity index is 1.75. The molecule has 1 fully saturated rings. The van der Waals surface area contributed by atoms with Crippen molar-refractivity contribution >= 4 is 10.0 Å². The standard InChI is InChI=1S/C10H17NO2S/c1-14(12,13)11-5-4-10-7-8-2-3-9(10)6-8/h2-3,8-11H,4-7H2,1H3. The van der Waals surface area contributed by atoms with E-state index in [1.54, 1.807) is 0 Å². The van der Waals surface area contributed by atoms with Crippen LogP contribution in [-0.2, 0) is 10.0 Å². The Hall–Kier alpha value is -0.350. The van der Waals surface area contributed by atoms with Gasteiger partial charge in [-0.25, -0.2) is 13.1 Å². The van der Waals surface area contributed by atoms with E-state index in [1.165, 1.54) is 19.1 Å². The van der Waals surface area contributed by atoms with Crippen molar-refractivity contribution in [3.63, 3.8) is 0 Å². The second-order valence-electron chi connectivity index (χ2n) is 4.50. The lowest BCUT2D eigenvalue weighted by atomic mass is 9.91. The number of sulfonamides is 1. The summed E-state index contributed by atoms with van der Waals surface area (Å²) in [6.07, 6.45) is 9.37. The van der Waals surface area contributed by atoms with Gasteiger partial charge in [-0.2, -0.15) is 0 Å². The first-order chi connectivity index (χ1) is 6.54. The van der Waals surface area contributed by atoms with E-state index in [2.05, 4.69) is 16.9 Å². The third-order valence-electron chi connectivity index (χ3n) is 3.30. The van der Waals surface area contributed by atoms with Crippen LogP contribution in [0.25, 0.3) is 0 Å². The van der Waals surface area contributed by atoms with Crippen LogP contribution in [0.15, 0.2) is 12.2 Å². The number of hydrogen-bond acceptors (Lipinski definition) is 2. The molecule has 0 spiro atoms. The summed E-state index contributed by atoms with van der Waals surface area (Å²) in [5.41, 5.74) is 0. The van der Waals surface area contributed by atoms with E-state index < -0.39 is 10.0 Å². The second-order valence-corrected chi connectivity index (χ2v) is 6.33. The topological polar surface area (TPSA) is 46.2 Å². The number of allylic oxidation sites excluding steroid dienone is 2. The maximum Gasteiger partial charge on any atom is 0.208 e. The van der Waals surface area contributed by atoms with Gasteiger partial charge in [-0.1, -0.05) is 12.2 Å². The molecular formula is C10H17NO2S. The van der Waals surface area contributed by atoms with Crippen LogP contribution in [0, 0.1) is 17.8 Å². The van der Waals surface area contributed by atoms with Crippen LogP contribution in [0.5, 0.6) is 0 Å². The molecule has 2 bridgehead atoms. The van der Waals surface area contributed by atoms with Crippen LogP contribution < -0.4 is 4.72 Å². The number of fused-ring (bicyclic) bond motifs is 2. The third-order valence-corrected chi connectivity index (χ3v) is 4.02. The summed E-state index contributed by atoms with van der Waals surface area (Å²) >= 11 is 0. The molecule has 2 aliphatic rings. The third kappa shape index (κ3) is 2.36. The minimum atomic E-state index is -3.00. The van der Waals surface area contributed by atoms with E-state index >= 15 is 0 Å². The number of nitrogens with one attached hydrogen (secondary N) is 1. The normalized spacial score (nSPS) is 35.4. The highest BCUT2D eigenvalue weighted by atomic mass is 32.2. The SMILES string of the molecule is CS(=O)(=O)NCCC1CC2C=CC1C2. The van der Waals surface area contributed by atoms with E-state index in [4.69, 9.17) is 0 Å². The predicted molar refractivity (Wildman–Crippen MR) is 56.3 cm³/mol. The van der Waals surface area contributed by atoms with Gasteiger partial charge >= 0.3 is 0 Å².